The Morgan fingerprint density at radius 1 is 1.10 bits per heavy atom. The quantitative estimate of drug-likeness (QED) is 0.609. The maximum absolute atomic E-state index is 11.0. The number of carboxylic acid groups (broad SMARTS) is 1. The SMILES string of the molecule is O=C(O)c1cn2cc(-c3cccc4ccccc34)nc2s1. The molecule has 0 bridgehead atoms. The molecular formula is C16H10N2O2S. The van der Waals surface area contributed by atoms with Crippen LogP contribution in [0.15, 0.2) is 54.9 Å². The molecule has 4 aromatic rings. The number of nitrogens with zero attached hydrogens (tertiary/aromatic N) is 2. The van der Waals surface area contributed by atoms with Crippen molar-refractivity contribution in [1.82, 2.24) is 9.38 Å². The fourth-order valence-corrected chi connectivity index (χ4v) is 3.28. The molecule has 0 aliphatic rings. The molecule has 0 unspecified atom stereocenters. The number of fused-ring (bicyclic) bond motifs is 2. The van der Waals surface area contributed by atoms with Gasteiger partial charge in [-0.15, -0.1) is 0 Å². The van der Waals surface area contributed by atoms with Gasteiger partial charge in [0.25, 0.3) is 0 Å². The molecule has 1 N–H and O–H groups in total. The summed E-state index contributed by atoms with van der Waals surface area (Å²) in [7, 11) is 0. The van der Waals surface area contributed by atoms with E-state index in [4.69, 9.17) is 5.11 Å². The molecule has 0 saturated carbocycles. The van der Waals surface area contributed by atoms with E-state index in [-0.39, 0.29) is 0 Å². The fourth-order valence-electron chi connectivity index (χ4n) is 2.47. The molecule has 21 heavy (non-hydrogen) atoms. The van der Waals surface area contributed by atoms with Gasteiger partial charge in [0.1, 0.15) is 4.88 Å². The van der Waals surface area contributed by atoms with Gasteiger partial charge in [0.15, 0.2) is 4.96 Å². The van der Waals surface area contributed by atoms with Crippen molar-refractivity contribution in [3.05, 3.63) is 59.7 Å². The summed E-state index contributed by atoms with van der Waals surface area (Å²) in [5, 5.41) is 11.3. The van der Waals surface area contributed by atoms with Crippen LogP contribution in [0.2, 0.25) is 0 Å². The summed E-state index contributed by atoms with van der Waals surface area (Å²) in [5.41, 5.74) is 1.91. The predicted molar refractivity (Wildman–Crippen MR) is 83.0 cm³/mol. The molecule has 2 heterocycles. The van der Waals surface area contributed by atoms with Crippen LogP contribution in [0.25, 0.3) is 27.0 Å². The van der Waals surface area contributed by atoms with E-state index < -0.39 is 5.97 Å². The fraction of sp³-hybridized carbons (Fsp3) is 0. The zero-order valence-electron chi connectivity index (χ0n) is 10.9. The minimum absolute atomic E-state index is 0.293. The number of carbonyl (C=O) groups is 1. The van der Waals surface area contributed by atoms with Crippen LogP contribution in [0.4, 0.5) is 0 Å². The lowest BCUT2D eigenvalue weighted by Gasteiger charge is -2.03. The summed E-state index contributed by atoms with van der Waals surface area (Å²) in [6, 6.07) is 14.3. The Morgan fingerprint density at radius 3 is 2.71 bits per heavy atom. The summed E-state index contributed by atoms with van der Waals surface area (Å²) in [6.07, 6.45) is 3.48. The average Bonchev–Trinajstić information content (AvgIpc) is 3.05. The Bertz CT molecular complexity index is 947. The summed E-state index contributed by atoms with van der Waals surface area (Å²) < 4.78 is 1.77. The number of rotatable bonds is 2. The number of aromatic carboxylic acids is 1. The third-order valence-corrected chi connectivity index (χ3v) is 4.42. The van der Waals surface area contributed by atoms with Gasteiger partial charge < -0.3 is 5.11 Å². The van der Waals surface area contributed by atoms with Crippen molar-refractivity contribution in [2.24, 2.45) is 0 Å². The second-order valence-electron chi connectivity index (χ2n) is 4.74. The van der Waals surface area contributed by atoms with E-state index in [9.17, 15) is 4.79 Å². The molecule has 4 rings (SSSR count). The van der Waals surface area contributed by atoms with E-state index in [1.165, 1.54) is 11.3 Å². The van der Waals surface area contributed by atoms with E-state index in [1.807, 2.05) is 30.5 Å². The Labute approximate surface area is 123 Å². The van der Waals surface area contributed by atoms with Gasteiger partial charge in [0.05, 0.1) is 5.69 Å². The third-order valence-electron chi connectivity index (χ3n) is 3.43. The summed E-state index contributed by atoms with van der Waals surface area (Å²) in [6.45, 7) is 0. The zero-order chi connectivity index (χ0) is 14.4. The number of hydrogen-bond acceptors (Lipinski definition) is 3. The maximum Gasteiger partial charge on any atom is 0.347 e. The lowest BCUT2D eigenvalue weighted by atomic mass is 10.0. The first-order valence-corrected chi connectivity index (χ1v) is 7.24. The van der Waals surface area contributed by atoms with Crippen LogP contribution < -0.4 is 0 Å². The number of benzene rings is 2. The van der Waals surface area contributed by atoms with E-state index in [0.717, 1.165) is 22.0 Å². The highest BCUT2D eigenvalue weighted by atomic mass is 32.1. The van der Waals surface area contributed by atoms with E-state index in [1.54, 1.807) is 10.6 Å². The van der Waals surface area contributed by atoms with Crippen LogP contribution in [-0.4, -0.2) is 20.5 Å². The molecule has 0 aliphatic heterocycles. The van der Waals surface area contributed by atoms with Crippen molar-refractivity contribution in [3.8, 4) is 11.3 Å². The third kappa shape index (κ3) is 1.90. The minimum Gasteiger partial charge on any atom is -0.477 e. The molecular weight excluding hydrogens is 284 g/mol. The number of imidazole rings is 1. The van der Waals surface area contributed by atoms with Crippen molar-refractivity contribution in [1.29, 1.82) is 0 Å². The summed E-state index contributed by atoms with van der Waals surface area (Å²) in [4.78, 5) is 16.5. The van der Waals surface area contributed by atoms with Crippen molar-refractivity contribution in [2.75, 3.05) is 0 Å². The molecule has 0 radical (unpaired) electrons. The number of aromatic nitrogens is 2. The highest BCUT2D eigenvalue weighted by Gasteiger charge is 2.13. The summed E-state index contributed by atoms with van der Waals surface area (Å²) in [5.74, 6) is -0.919. The van der Waals surface area contributed by atoms with Gasteiger partial charge in [-0.1, -0.05) is 53.8 Å². The standard InChI is InChI=1S/C16H10N2O2S/c19-15(20)14-9-18-8-13(17-16(18)21-14)12-7-3-5-10-4-1-2-6-11(10)12/h1-9H,(H,19,20). The second-order valence-corrected chi connectivity index (χ2v) is 5.75. The van der Waals surface area contributed by atoms with Crippen molar-refractivity contribution >= 4 is 33.0 Å². The molecule has 0 saturated heterocycles. The average molecular weight is 294 g/mol. The molecule has 2 aromatic carbocycles. The lowest BCUT2D eigenvalue weighted by Crippen LogP contribution is -1.90. The van der Waals surface area contributed by atoms with Gasteiger partial charge in [0, 0.05) is 18.0 Å². The van der Waals surface area contributed by atoms with E-state index >= 15 is 0 Å². The lowest BCUT2D eigenvalue weighted by molar-refractivity contribution is 0.0702. The van der Waals surface area contributed by atoms with Crippen LogP contribution >= 0.6 is 11.3 Å². The van der Waals surface area contributed by atoms with Gasteiger partial charge in [-0.25, -0.2) is 9.78 Å². The maximum atomic E-state index is 11.0. The monoisotopic (exact) mass is 294 g/mol. The second kappa shape index (κ2) is 4.43. The van der Waals surface area contributed by atoms with Crippen LogP contribution in [-0.2, 0) is 0 Å². The first kappa shape index (κ1) is 12.1. The Kier molecular flexibility index (Phi) is 2.55. The van der Waals surface area contributed by atoms with Gasteiger partial charge in [-0.05, 0) is 10.8 Å². The molecule has 0 fully saturated rings. The van der Waals surface area contributed by atoms with Crippen LogP contribution in [0.5, 0.6) is 0 Å². The zero-order valence-corrected chi connectivity index (χ0v) is 11.7. The highest BCUT2D eigenvalue weighted by Crippen LogP contribution is 2.29. The highest BCUT2D eigenvalue weighted by molar-refractivity contribution is 7.18. The molecule has 0 aliphatic carbocycles. The van der Waals surface area contributed by atoms with Gasteiger partial charge in [-0.2, -0.15) is 0 Å². The number of hydrogen-bond donors (Lipinski definition) is 1. The molecule has 5 heteroatoms. The normalized spacial score (nSPS) is 11.2. The molecule has 0 amide bonds. The van der Waals surface area contributed by atoms with Gasteiger partial charge in [0.2, 0.25) is 0 Å². The summed E-state index contributed by atoms with van der Waals surface area (Å²) >= 11 is 1.18. The Balaban J connectivity index is 1.92. The van der Waals surface area contributed by atoms with Crippen LogP contribution in [0.1, 0.15) is 9.67 Å². The van der Waals surface area contributed by atoms with E-state index in [2.05, 4.69) is 23.2 Å². The predicted octanol–water partition coefficient (Wildman–Crippen LogP) is 3.91. The number of carboxylic acids is 1. The van der Waals surface area contributed by atoms with Crippen LogP contribution in [0, 0.1) is 0 Å². The van der Waals surface area contributed by atoms with Crippen molar-refractivity contribution in [2.45, 2.75) is 0 Å². The molecule has 4 nitrogen and oxygen atoms in total. The molecule has 0 spiro atoms. The largest absolute Gasteiger partial charge is 0.477 e. The molecule has 102 valence electrons. The molecule has 0 atom stereocenters. The topological polar surface area (TPSA) is 54.6 Å². The number of thiazole rings is 1. The molecule has 2 aromatic heterocycles. The van der Waals surface area contributed by atoms with Crippen LogP contribution in [0.3, 0.4) is 0 Å². The Hall–Kier alpha value is -2.66. The Morgan fingerprint density at radius 2 is 1.90 bits per heavy atom. The van der Waals surface area contributed by atoms with Gasteiger partial charge in [-0.3, -0.25) is 4.40 Å². The first-order valence-electron chi connectivity index (χ1n) is 6.42. The van der Waals surface area contributed by atoms with Gasteiger partial charge >= 0.3 is 5.97 Å². The first-order chi connectivity index (χ1) is 10.2. The smallest absolute Gasteiger partial charge is 0.347 e. The van der Waals surface area contributed by atoms with E-state index in [0.29, 0.717) is 9.84 Å². The van der Waals surface area contributed by atoms with Crippen molar-refractivity contribution in [3.63, 3.8) is 0 Å². The van der Waals surface area contributed by atoms with Crippen molar-refractivity contribution < 1.29 is 9.90 Å². The minimum atomic E-state index is -0.919.